The highest BCUT2D eigenvalue weighted by Gasteiger charge is 2.12. The molecule has 0 aliphatic heterocycles. The lowest BCUT2D eigenvalue weighted by Gasteiger charge is -2.12. The summed E-state index contributed by atoms with van der Waals surface area (Å²) in [6.45, 7) is 5.79. The normalized spacial score (nSPS) is 12.6. The number of carbonyl (C=O) groups is 1. The van der Waals surface area contributed by atoms with E-state index in [0.717, 1.165) is 24.0 Å². The van der Waals surface area contributed by atoms with E-state index in [-0.39, 0.29) is 11.8 Å². The smallest absolute Gasteiger partial charge is 0.228 e. The molecule has 1 atom stereocenters. The van der Waals surface area contributed by atoms with Gasteiger partial charge in [0.1, 0.15) is 0 Å². The van der Waals surface area contributed by atoms with Crippen LogP contribution in [0, 0.1) is 5.92 Å². The molecular formula is C16H23N3O. The van der Waals surface area contributed by atoms with Crippen LogP contribution >= 0.6 is 0 Å². The first-order chi connectivity index (χ1) is 9.65. The molecule has 20 heavy (non-hydrogen) atoms. The van der Waals surface area contributed by atoms with Crippen molar-refractivity contribution >= 4 is 22.5 Å². The minimum Gasteiger partial charge on any atom is -0.347 e. The molecule has 1 amide bonds. The molecule has 0 aliphatic rings. The summed E-state index contributed by atoms with van der Waals surface area (Å²) < 4.78 is 2.24. The Labute approximate surface area is 120 Å². The highest BCUT2D eigenvalue weighted by molar-refractivity contribution is 5.95. The summed E-state index contributed by atoms with van der Waals surface area (Å²) in [6.07, 6.45) is 3.22. The summed E-state index contributed by atoms with van der Waals surface area (Å²) in [5.41, 5.74) is 2.08. The van der Waals surface area contributed by atoms with Crippen LogP contribution in [0.5, 0.6) is 0 Å². The zero-order chi connectivity index (χ0) is 14.5. The molecule has 1 aromatic heterocycles. The van der Waals surface area contributed by atoms with Crippen molar-refractivity contribution in [2.75, 3.05) is 18.9 Å². The Morgan fingerprint density at radius 3 is 2.85 bits per heavy atom. The number of fused-ring (bicyclic) bond motifs is 1. The van der Waals surface area contributed by atoms with E-state index in [4.69, 9.17) is 0 Å². The lowest BCUT2D eigenvalue weighted by Crippen LogP contribution is -2.28. The van der Waals surface area contributed by atoms with Gasteiger partial charge in [-0.05, 0) is 37.7 Å². The van der Waals surface area contributed by atoms with Crippen molar-refractivity contribution in [2.45, 2.75) is 26.8 Å². The second-order valence-corrected chi connectivity index (χ2v) is 5.23. The van der Waals surface area contributed by atoms with Crippen LogP contribution in [0.2, 0.25) is 0 Å². The maximum atomic E-state index is 12.0. The minimum atomic E-state index is -0.0413. The Morgan fingerprint density at radius 2 is 2.15 bits per heavy atom. The van der Waals surface area contributed by atoms with Gasteiger partial charge in [0.15, 0.2) is 0 Å². The second-order valence-electron chi connectivity index (χ2n) is 5.23. The first-order valence-electron chi connectivity index (χ1n) is 7.20. The van der Waals surface area contributed by atoms with Gasteiger partial charge in [-0.2, -0.15) is 0 Å². The van der Waals surface area contributed by atoms with Gasteiger partial charge >= 0.3 is 0 Å². The number of hydrogen-bond donors (Lipinski definition) is 2. The van der Waals surface area contributed by atoms with Crippen LogP contribution in [0.3, 0.4) is 0 Å². The number of aryl methyl sites for hydroxylation is 1. The van der Waals surface area contributed by atoms with E-state index < -0.39 is 0 Å². The van der Waals surface area contributed by atoms with Gasteiger partial charge in [-0.3, -0.25) is 4.79 Å². The highest BCUT2D eigenvalue weighted by Crippen LogP contribution is 2.21. The van der Waals surface area contributed by atoms with Crippen LogP contribution in [0.25, 0.3) is 10.9 Å². The van der Waals surface area contributed by atoms with Crippen molar-refractivity contribution in [3.8, 4) is 0 Å². The number of hydrogen-bond acceptors (Lipinski definition) is 2. The van der Waals surface area contributed by atoms with Crippen molar-refractivity contribution in [3.63, 3.8) is 0 Å². The van der Waals surface area contributed by atoms with Gasteiger partial charge in [0.25, 0.3) is 0 Å². The summed E-state index contributed by atoms with van der Waals surface area (Å²) in [4.78, 5) is 12.0. The molecule has 2 rings (SSSR count). The third-order valence-electron chi connectivity index (χ3n) is 3.46. The monoisotopic (exact) mass is 273 g/mol. The number of nitrogens with one attached hydrogen (secondary N) is 2. The fourth-order valence-electron chi connectivity index (χ4n) is 2.38. The van der Waals surface area contributed by atoms with Gasteiger partial charge in [-0.25, -0.2) is 0 Å². The van der Waals surface area contributed by atoms with Crippen LogP contribution in [-0.2, 0) is 11.3 Å². The summed E-state index contributed by atoms with van der Waals surface area (Å²) >= 11 is 0. The van der Waals surface area contributed by atoms with Crippen LogP contribution in [0.15, 0.2) is 30.5 Å². The molecule has 0 saturated carbocycles. The van der Waals surface area contributed by atoms with Crippen molar-refractivity contribution in [1.82, 2.24) is 9.88 Å². The Hall–Kier alpha value is -1.81. The molecule has 0 saturated heterocycles. The SMILES string of the molecule is CCCn1ccc2cc(NC(=O)C(C)CNC)ccc21. The first kappa shape index (κ1) is 14.6. The van der Waals surface area contributed by atoms with Gasteiger partial charge in [-0.1, -0.05) is 13.8 Å². The van der Waals surface area contributed by atoms with Crippen molar-refractivity contribution in [1.29, 1.82) is 0 Å². The number of anilines is 1. The number of rotatable bonds is 6. The fraction of sp³-hybridized carbons (Fsp3) is 0.438. The van der Waals surface area contributed by atoms with Gasteiger partial charge in [0.2, 0.25) is 5.91 Å². The molecule has 0 aliphatic carbocycles. The maximum Gasteiger partial charge on any atom is 0.228 e. The van der Waals surface area contributed by atoms with Gasteiger partial charge in [-0.15, -0.1) is 0 Å². The van der Waals surface area contributed by atoms with E-state index in [0.29, 0.717) is 6.54 Å². The number of amides is 1. The summed E-state index contributed by atoms with van der Waals surface area (Å²) in [5, 5.41) is 7.15. The molecule has 1 unspecified atom stereocenters. The van der Waals surface area contributed by atoms with Crippen LogP contribution in [0.4, 0.5) is 5.69 Å². The van der Waals surface area contributed by atoms with E-state index >= 15 is 0 Å². The molecule has 0 bridgehead atoms. The van der Waals surface area contributed by atoms with Crippen LogP contribution in [-0.4, -0.2) is 24.1 Å². The Kier molecular flexibility index (Phi) is 4.79. The van der Waals surface area contributed by atoms with Gasteiger partial charge in [0, 0.05) is 41.8 Å². The van der Waals surface area contributed by atoms with Crippen molar-refractivity contribution in [3.05, 3.63) is 30.5 Å². The zero-order valence-corrected chi connectivity index (χ0v) is 12.4. The predicted molar refractivity (Wildman–Crippen MR) is 83.9 cm³/mol. The fourth-order valence-corrected chi connectivity index (χ4v) is 2.38. The highest BCUT2D eigenvalue weighted by atomic mass is 16.1. The van der Waals surface area contributed by atoms with Crippen molar-refractivity contribution in [2.24, 2.45) is 5.92 Å². The number of aromatic nitrogens is 1. The molecule has 1 heterocycles. The van der Waals surface area contributed by atoms with E-state index in [9.17, 15) is 4.79 Å². The number of nitrogens with zero attached hydrogens (tertiary/aromatic N) is 1. The largest absolute Gasteiger partial charge is 0.347 e. The zero-order valence-electron chi connectivity index (χ0n) is 12.4. The average Bonchev–Trinajstić information content (AvgIpc) is 2.82. The number of benzene rings is 1. The summed E-state index contributed by atoms with van der Waals surface area (Å²) in [5.74, 6) is 0.00655. The first-order valence-corrected chi connectivity index (χ1v) is 7.20. The van der Waals surface area contributed by atoms with Gasteiger partial charge < -0.3 is 15.2 Å². The Bertz CT molecular complexity index is 588. The average molecular weight is 273 g/mol. The van der Waals surface area contributed by atoms with Crippen LogP contribution in [0.1, 0.15) is 20.3 Å². The molecule has 0 spiro atoms. The molecule has 4 heteroatoms. The Balaban J connectivity index is 2.14. The molecule has 108 valence electrons. The molecule has 0 fully saturated rings. The molecular weight excluding hydrogens is 250 g/mol. The molecule has 2 N–H and O–H groups in total. The third kappa shape index (κ3) is 3.20. The summed E-state index contributed by atoms with van der Waals surface area (Å²) in [6, 6.07) is 8.17. The minimum absolute atomic E-state index is 0.0413. The third-order valence-corrected chi connectivity index (χ3v) is 3.46. The lowest BCUT2D eigenvalue weighted by molar-refractivity contribution is -0.119. The molecule has 2 aromatic rings. The Morgan fingerprint density at radius 1 is 1.35 bits per heavy atom. The standard InChI is InChI=1S/C16H23N3O/c1-4-8-19-9-7-13-10-14(5-6-15(13)19)18-16(20)12(2)11-17-3/h5-7,9-10,12,17H,4,8,11H2,1-3H3,(H,18,20). The topological polar surface area (TPSA) is 46.1 Å². The predicted octanol–water partition coefficient (Wildman–Crippen LogP) is 2.85. The maximum absolute atomic E-state index is 12.0. The lowest BCUT2D eigenvalue weighted by atomic mass is 10.1. The second kappa shape index (κ2) is 6.57. The number of carbonyl (C=O) groups excluding carboxylic acids is 1. The van der Waals surface area contributed by atoms with Crippen molar-refractivity contribution < 1.29 is 4.79 Å². The van der Waals surface area contributed by atoms with E-state index in [1.54, 1.807) is 0 Å². The van der Waals surface area contributed by atoms with E-state index in [1.807, 2.05) is 26.1 Å². The van der Waals surface area contributed by atoms with E-state index in [1.165, 1.54) is 5.52 Å². The van der Waals surface area contributed by atoms with Crippen LogP contribution < -0.4 is 10.6 Å². The molecule has 1 aromatic carbocycles. The van der Waals surface area contributed by atoms with Gasteiger partial charge in [0.05, 0.1) is 0 Å². The quantitative estimate of drug-likeness (QED) is 0.850. The van der Waals surface area contributed by atoms with E-state index in [2.05, 4.69) is 40.5 Å². The summed E-state index contributed by atoms with van der Waals surface area (Å²) in [7, 11) is 1.85. The molecule has 4 nitrogen and oxygen atoms in total. The molecule has 0 radical (unpaired) electrons.